The van der Waals surface area contributed by atoms with Gasteiger partial charge in [0.05, 0.1) is 16.4 Å². The van der Waals surface area contributed by atoms with E-state index in [2.05, 4.69) is 9.62 Å². The number of non-ortho nitro benzene ring substituents is 1. The highest BCUT2D eigenvalue weighted by Gasteiger charge is 2.26. The lowest BCUT2D eigenvalue weighted by molar-refractivity contribution is -0.385. The summed E-state index contributed by atoms with van der Waals surface area (Å²) in [5.41, 5.74) is 2.47. The number of nitrogens with one attached hydrogen (secondary N) is 1. The molecule has 2 aliphatic heterocycles. The van der Waals surface area contributed by atoms with Gasteiger partial charge in [-0.2, -0.15) is 0 Å². The molecule has 172 valence electrons. The van der Waals surface area contributed by atoms with E-state index in [-0.39, 0.29) is 29.9 Å². The van der Waals surface area contributed by atoms with Gasteiger partial charge in [0, 0.05) is 42.9 Å². The van der Waals surface area contributed by atoms with E-state index < -0.39 is 14.9 Å². The lowest BCUT2D eigenvalue weighted by atomic mass is 9.97. The molecular formula is C22H27N3O6S. The Morgan fingerprint density at radius 1 is 1.25 bits per heavy atom. The molecule has 0 aliphatic carbocycles. The van der Waals surface area contributed by atoms with Crippen LogP contribution in [-0.4, -0.2) is 44.7 Å². The monoisotopic (exact) mass is 461 g/mol. The summed E-state index contributed by atoms with van der Waals surface area (Å²) in [5.74, 6) is 0.812. The van der Waals surface area contributed by atoms with E-state index in [0.717, 1.165) is 30.5 Å². The van der Waals surface area contributed by atoms with Crippen LogP contribution >= 0.6 is 0 Å². The van der Waals surface area contributed by atoms with Gasteiger partial charge in [0.25, 0.3) is 5.69 Å². The zero-order valence-corrected chi connectivity index (χ0v) is 18.8. The minimum Gasteiger partial charge on any atom is -0.467 e. The maximum Gasteiger partial charge on any atom is 0.270 e. The topological polar surface area (TPSA) is 111 Å². The van der Waals surface area contributed by atoms with Gasteiger partial charge in [-0.1, -0.05) is 17.7 Å². The Bertz CT molecular complexity index is 1090. The predicted octanol–water partition coefficient (Wildman–Crippen LogP) is 2.96. The Hall–Kier alpha value is -2.53. The zero-order chi connectivity index (χ0) is 22.7. The summed E-state index contributed by atoms with van der Waals surface area (Å²) < 4.78 is 38.9. The fraction of sp³-hybridized carbons (Fsp3) is 0.455. The van der Waals surface area contributed by atoms with Crippen molar-refractivity contribution in [3.8, 4) is 5.75 Å². The number of aryl methyl sites for hydroxylation is 1. The maximum atomic E-state index is 12.6. The third-order valence-corrected chi connectivity index (χ3v) is 7.31. The molecule has 2 aromatic carbocycles. The highest BCUT2D eigenvalue weighted by atomic mass is 32.2. The normalized spacial score (nSPS) is 19.2. The van der Waals surface area contributed by atoms with E-state index in [1.54, 1.807) is 30.3 Å². The Morgan fingerprint density at radius 3 is 2.78 bits per heavy atom. The van der Waals surface area contributed by atoms with Crippen molar-refractivity contribution in [1.82, 2.24) is 9.62 Å². The first-order chi connectivity index (χ1) is 15.3. The van der Waals surface area contributed by atoms with Crippen LogP contribution in [0.5, 0.6) is 5.75 Å². The molecule has 1 N–H and O–H groups in total. The fourth-order valence-electron chi connectivity index (χ4n) is 4.23. The molecule has 2 aromatic rings. The molecule has 0 amide bonds. The highest BCUT2D eigenvalue weighted by molar-refractivity contribution is 7.89. The molecule has 1 fully saturated rings. The van der Waals surface area contributed by atoms with Crippen LogP contribution in [0.25, 0.3) is 0 Å². The van der Waals surface area contributed by atoms with Gasteiger partial charge in [-0.05, 0) is 44.4 Å². The van der Waals surface area contributed by atoms with Crippen molar-refractivity contribution in [2.24, 2.45) is 5.92 Å². The number of piperidine rings is 1. The number of rotatable bonds is 7. The lowest BCUT2D eigenvalue weighted by Gasteiger charge is -2.33. The van der Waals surface area contributed by atoms with Gasteiger partial charge in [0.2, 0.25) is 10.0 Å². The number of likely N-dealkylation sites (tertiary alicyclic amines) is 1. The smallest absolute Gasteiger partial charge is 0.270 e. The summed E-state index contributed by atoms with van der Waals surface area (Å²) in [4.78, 5) is 13.4. The molecule has 0 aromatic heterocycles. The second-order valence-electron chi connectivity index (χ2n) is 8.37. The molecule has 0 bridgehead atoms. The molecule has 1 unspecified atom stereocenters. The van der Waals surface area contributed by atoms with Gasteiger partial charge < -0.3 is 9.47 Å². The molecule has 0 radical (unpaired) electrons. The molecule has 32 heavy (non-hydrogen) atoms. The minimum absolute atomic E-state index is 0.0206. The van der Waals surface area contributed by atoms with Gasteiger partial charge in [0.1, 0.15) is 5.75 Å². The molecular weight excluding hydrogens is 434 g/mol. The molecule has 9 nitrogen and oxygen atoms in total. The van der Waals surface area contributed by atoms with Gasteiger partial charge in [-0.3, -0.25) is 15.0 Å². The van der Waals surface area contributed by atoms with Crippen LogP contribution in [0, 0.1) is 23.0 Å². The minimum atomic E-state index is -3.56. The number of hydrogen-bond donors (Lipinski definition) is 1. The van der Waals surface area contributed by atoms with E-state index in [1.807, 2.05) is 6.92 Å². The van der Waals surface area contributed by atoms with Crippen LogP contribution in [0.15, 0.2) is 41.3 Å². The molecule has 10 heteroatoms. The van der Waals surface area contributed by atoms with E-state index in [1.165, 1.54) is 6.07 Å². The van der Waals surface area contributed by atoms with Crippen LogP contribution in [0.1, 0.15) is 29.5 Å². The number of ether oxygens (including phenoxy) is 2. The summed E-state index contributed by atoms with van der Waals surface area (Å²) in [6, 6.07) is 9.85. The first-order valence-electron chi connectivity index (χ1n) is 10.6. The third kappa shape index (κ3) is 5.26. The summed E-state index contributed by atoms with van der Waals surface area (Å²) >= 11 is 0. The van der Waals surface area contributed by atoms with Crippen LogP contribution in [0.3, 0.4) is 0 Å². The molecule has 1 saturated heterocycles. The first kappa shape index (κ1) is 22.7. The van der Waals surface area contributed by atoms with Crippen molar-refractivity contribution in [2.75, 3.05) is 26.4 Å². The summed E-state index contributed by atoms with van der Waals surface area (Å²) in [5, 5.41) is 11.3. The summed E-state index contributed by atoms with van der Waals surface area (Å²) in [6.45, 7) is 4.72. The standard InChI is InChI=1S/C22H27N3O6S/c1-16-4-6-21(7-5-16)32(28,29)23-11-17-3-2-8-24(12-17)13-18-9-20(25(26)27)10-19-14-30-15-31-22(18)19/h4-7,9-10,17,23H,2-3,8,11-15H2,1H3. The highest BCUT2D eigenvalue weighted by Crippen LogP contribution is 2.34. The second kappa shape index (κ2) is 9.53. The molecule has 0 spiro atoms. The van der Waals surface area contributed by atoms with Crippen LogP contribution < -0.4 is 9.46 Å². The molecule has 2 aliphatic rings. The molecule has 1 atom stereocenters. The number of nitro benzene ring substituents is 1. The van der Waals surface area contributed by atoms with E-state index in [9.17, 15) is 18.5 Å². The molecule has 2 heterocycles. The predicted molar refractivity (Wildman–Crippen MR) is 118 cm³/mol. The van der Waals surface area contributed by atoms with Gasteiger partial charge in [-0.25, -0.2) is 13.1 Å². The quantitative estimate of drug-likeness (QED) is 0.498. The molecule has 0 saturated carbocycles. The van der Waals surface area contributed by atoms with Crippen molar-refractivity contribution in [1.29, 1.82) is 0 Å². The Balaban J connectivity index is 1.42. The average Bonchev–Trinajstić information content (AvgIpc) is 2.78. The fourth-order valence-corrected chi connectivity index (χ4v) is 5.35. The largest absolute Gasteiger partial charge is 0.467 e. The van der Waals surface area contributed by atoms with Crippen LogP contribution in [0.4, 0.5) is 5.69 Å². The van der Waals surface area contributed by atoms with Crippen LogP contribution in [0.2, 0.25) is 0 Å². The SMILES string of the molecule is Cc1ccc(S(=O)(=O)NCC2CCCN(Cc3cc([N+](=O)[O-])cc4c3OCOC4)C2)cc1. The zero-order valence-electron chi connectivity index (χ0n) is 18.0. The van der Waals surface area contributed by atoms with Crippen molar-refractivity contribution in [3.63, 3.8) is 0 Å². The summed E-state index contributed by atoms with van der Waals surface area (Å²) in [6.07, 6.45) is 1.85. The number of nitrogens with zero attached hydrogens (tertiary/aromatic N) is 2. The van der Waals surface area contributed by atoms with E-state index in [0.29, 0.717) is 30.9 Å². The number of nitro groups is 1. The van der Waals surface area contributed by atoms with Gasteiger partial charge in [0.15, 0.2) is 6.79 Å². The van der Waals surface area contributed by atoms with E-state index in [4.69, 9.17) is 9.47 Å². The number of sulfonamides is 1. The first-order valence-corrected chi connectivity index (χ1v) is 12.1. The second-order valence-corrected chi connectivity index (χ2v) is 10.1. The number of hydrogen-bond acceptors (Lipinski definition) is 7. The van der Waals surface area contributed by atoms with Gasteiger partial charge in [-0.15, -0.1) is 0 Å². The van der Waals surface area contributed by atoms with Crippen molar-refractivity contribution < 1.29 is 22.8 Å². The van der Waals surface area contributed by atoms with E-state index >= 15 is 0 Å². The van der Waals surface area contributed by atoms with Crippen LogP contribution in [-0.2, 0) is 27.9 Å². The maximum absolute atomic E-state index is 12.6. The number of benzene rings is 2. The van der Waals surface area contributed by atoms with Crippen molar-refractivity contribution in [3.05, 3.63) is 63.2 Å². The van der Waals surface area contributed by atoms with Gasteiger partial charge >= 0.3 is 0 Å². The number of fused-ring (bicyclic) bond motifs is 1. The van der Waals surface area contributed by atoms with Crippen molar-refractivity contribution in [2.45, 2.75) is 37.8 Å². The lowest BCUT2D eigenvalue weighted by Crippen LogP contribution is -2.40. The summed E-state index contributed by atoms with van der Waals surface area (Å²) in [7, 11) is -3.56. The third-order valence-electron chi connectivity index (χ3n) is 5.87. The average molecular weight is 462 g/mol. The molecule has 4 rings (SSSR count). The Kier molecular flexibility index (Phi) is 6.75. The Labute approximate surface area is 187 Å². The van der Waals surface area contributed by atoms with Crippen molar-refractivity contribution >= 4 is 15.7 Å². The Morgan fingerprint density at radius 2 is 2.03 bits per heavy atom.